The Kier molecular flexibility index (Phi) is 3.44. The molecule has 0 unspecified atom stereocenters. The minimum absolute atomic E-state index is 0.321. The van der Waals surface area contributed by atoms with Crippen LogP contribution in [0, 0.1) is 0 Å². The second-order valence-electron chi connectivity index (χ2n) is 5.02. The van der Waals surface area contributed by atoms with Crippen molar-refractivity contribution < 1.29 is 9.59 Å². The Morgan fingerprint density at radius 2 is 1.67 bits per heavy atom. The van der Waals surface area contributed by atoms with Gasteiger partial charge in [0.2, 0.25) is 0 Å². The van der Waals surface area contributed by atoms with E-state index in [0.717, 1.165) is 12.1 Å². The topological polar surface area (TPSA) is 58.2 Å². The van der Waals surface area contributed by atoms with Gasteiger partial charge in [0, 0.05) is 12.2 Å². The maximum Gasteiger partial charge on any atom is 0.259 e. The molecule has 0 radical (unpaired) electrons. The van der Waals surface area contributed by atoms with Crippen LogP contribution in [0.3, 0.4) is 0 Å². The molecule has 1 aliphatic rings. The Hall–Kier alpha value is -2.62. The maximum atomic E-state index is 11.6. The highest BCUT2D eigenvalue weighted by molar-refractivity contribution is 6.21. The number of aryl methyl sites for hydroxylation is 1. The Labute approximate surface area is 123 Å². The minimum Gasteiger partial charge on any atom is -0.381 e. The van der Waals surface area contributed by atoms with Gasteiger partial charge in [-0.05, 0) is 35.7 Å². The van der Waals surface area contributed by atoms with Gasteiger partial charge >= 0.3 is 0 Å². The van der Waals surface area contributed by atoms with Crippen molar-refractivity contribution in [2.24, 2.45) is 0 Å². The van der Waals surface area contributed by atoms with Crippen LogP contribution < -0.4 is 10.6 Å². The first kappa shape index (κ1) is 13.4. The van der Waals surface area contributed by atoms with Gasteiger partial charge in [0.1, 0.15) is 0 Å². The zero-order valence-corrected chi connectivity index (χ0v) is 11.8. The zero-order chi connectivity index (χ0) is 14.8. The van der Waals surface area contributed by atoms with Crippen molar-refractivity contribution in [2.45, 2.75) is 19.9 Å². The van der Waals surface area contributed by atoms with E-state index in [1.54, 1.807) is 12.1 Å². The molecule has 0 aromatic heterocycles. The molecule has 2 N–H and O–H groups in total. The van der Waals surface area contributed by atoms with Crippen LogP contribution in [0.1, 0.15) is 38.8 Å². The number of anilines is 1. The standard InChI is InChI=1S/C17H16N2O2/c1-2-11-5-3-4-6-12(11)10-18-13-7-8-14-15(9-13)17(21)19-16(14)20/h3-9,18H,2,10H2,1H3,(H,19,20,21). The van der Waals surface area contributed by atoms with Crippen molar-refractivity contribution in [3.8, 4) is 0 Å². The van der Waals surface area contributed by atoms with Gasteiger partial charge < -0.3 is 5.32 Å². The summed E-state index contributed by atoms with van der Waals surface area (Å²) in [7, 11) is 0. The summed E-state index contributed by atoms with van der Waals surface area (Å²) < 4.78 is 0. The molecule has 0 atom stereocenters. The van der Waals surface area contributed by atoms with E-state index in [2.05, 4.69) is 29.7 Å². The predicted molar refractivity (Wildman–Crippen MR) is 81.4 cm³/mol. The normalized spacial score (nSPS) is 13.0. The molecule has 106 valence electrons. The number of hydrogen-bond donors (Lipinski definition) is 2. The number of carbonyl (C=O) groups is 2. The summed E-state index contributed by atoms with van der Waals surface area (Å²) in [6.45, 7) is 2.82. The fourth-order valence-corrected chi connectivity index (χ4v) is 2.55. The lowest BCUT2D eigenvalue weighted by molar-refractivity contribution is 0.0879. The summed E-state index contributed by atoms with van der Waals surface area (Å²) in [5, 5.41) is 5.61. The molecule has 0 bridgehead atoms. The first-order chi connectivity index (χ1) is 10.2. The van der Waals surface area contributed by atoms with Gasteiger partial charge in [-0.2, -0.15) is 0 Å². The maximum absolute atomic E-state index is 11.6. The predicted octanol–water partition coefficient (Wildman–Crippen LogP) is 2.74. The first-order valence-electron chi connectivity index (χ1n) is 6.99. The van der Waals surface area contributed by atoms with E-state index in [1.165, 1.54) is 11.1 Å². The molecule has 4 heteroatoms. The molecular weight excluding hydrogens is 264 g/mol. The highest BCUT2D eigenvalue weighted by Crippen LogP contribution is 2.21. The molecule has 0 spiro atoms. The number of amides is 2. The Morgan fingerprint density at radius 1 is 0.952 bits per heavy atom. The van der Waals surface area contributed by atoms with Crippen molar-refractivity contribution in [2.75, 3.05) is 5.32 Å². The number of imide groups is 1. The molecule has 2 amide bonds. The largest absolute Gasteiger partial charge is 0.381 e. The highest BCUT2D eigenvalue weighted by Gasteiger charge is 2.26. The fraction of sp³-hybridized carbons (Fsp3) is 0.176. The van der Waals surface area contributed by atoms with E-state index in [0.29, 0.717) is 17.7 Å². The number of benzene rings is 2. The highest BCUT2D eigenvalue weighted by atomic mass is 16.2. The van der Waals surface area contributed by atoms with Gasteiger partial charge in [-0.3, -0.25) is 14.9 Å². The Bertz CT molecular complexity index is 722. The Balaban J connectivity index is 1.79. The molecule has 1 heterocycles. The van der Waals surface area contributed by atoms with Gasteiger partial charge in [-0.25, -0.2) is 0 Å². The van der Waals surface area contributed by atoms with Crippen LogP contribution in [-0.4, -0.2) is 11.8 Å². The van der Waals surface area contributed by atoms with Crippen molar-refractivity contribution in [1.29, 1.82) is 0 Å². The number of nitrogens with one attached hydrogen (secondary N) is 2. The van der Waals surface area contributed by atoms with E-state index in [-0.39, 0.29) is 11.8 Å². The molecule has 3 rings (SSSR count). The first-order valence-corrected chi connectivity index (χ1v) is 6.99. The van der Waals surface area contributed by atoms with Gasteiger partial charge in [-0.1, -0.05) is 31.2 Å². The third-order valence-electron chi connectivity index (χ3n) is 3.72. The monoisotopic (exact) mass is 280 g/mol. The molecule has 4 nitrogen and oxygen atoms in total. The second-order valence-corrected chi connectivity index (χ2v) is 5.02. The lowest BCUT2D eigenvalue weighted by Gasteiger charge is -2.10. The van der Waals surface area contributed by atoms with Crippen molar-refractivity contribution in [1.82, 2.24) is 5.32 Å². The van der Waals surface area contributed by atoms with Crippen LogP contribution in [0.4, 0.5) is 5.69 Å². The molecular formula is C17H16N2O2. The third kappa shape index (κ3) is 2.52. The van der Waals surface area contributed by atoms with Crippen LogP contribution in [0.2, 0.25) is 0 Å². The molecule has 0 saturated heterocycles. The molecule has 21 heavy (non-hydrogen) atoms. The summed E-state index contributed by atoms with van der Waals surface area (Å²) in [6, 6.07) is 13.5. The number of rotatable bonds is 4. The quantitative estimate of drug-likeness (QED) is 0.847. The van der Waals surface area contributed by atoms with Crippen LogP contribution in [0.5, 0.6) is 0 Å². The molecule has 0 aliphatic carbocycles. The average Bonchev–Trinajstić information content (AvgIpc) is 2.80. The van der Waals surface area contributed by atoms with E-state index in [9.17, 15) is 9.59 Å². The fourth-order valence-electron chi connectivity index (χ4n) is 2.55. The summed E-state index contributed by atoms with van der Waals surface area (Å²) in [5.41, 5.74) is 4.26. The number of hydrogen-bond acceptors (Lipinski definition) is 3. The zero-order valence-electron chi connectivity index (χ0n) is 11.8. The third-order valence-corrected chi connectivity index (χ3v) is 3.72. The van der Waals surface area contributed by atoms with Crippen LogP contribution in [-0.2, 0) is 13.0 Å². The molecule has 0 saturated carbocycles. The van der Waals surface area contributed by atoms with Gasteiger partial charge in [0.05, 0.1) is 11.1 Å². The van der Waals surface area contributed by atoms with Gasteiger partial charge in [-0.15, -0.1) is 0 Å². The lowest BCUT2D eigenvalue weighted by atomic mass is 10.0. The second kappa shape index (κ2) is 5.40. The smallest absolute Gasteiger partial charge is 0.259 e. The van der Waals surface area contributed by atoms with Crippen LogP contribution in [0.15, 0.2) is 42.5 Å². The van der Waals surface area contributed by atoms with Crippen molar-refractivity contribution in [3.63, 3.8) is 0 Å². The van der Waals surface area contributed by atoms with Crippen molar-refractivity contribution >= 4 is 17.5 Å². The molecule has 1 aliphatic heterocycles. The number of carbonyl (C=O) groups excluding carboxylic acids is 2. The van der Waals surface area contributed by atoms with E-state index >= 15 is 0 Å². The molecule has 2 aromatic rings. The van der Waals surface area contributed by atoms with Crippen molar-refractivity contribution in [3.05, 3.63) is 64.7 Å². The lowest BCUT2D eigenvalue weighted by Crippen LogP contribution is -2.19. The average molecular weight is 280 g/mol. The minimum atomic E-state index is -0.326. The summed E-state index contributed by atoms with van der Waals surface area (Å²) in [4.78, 5) is 23.1. The van der Waals surface area contributed by atoms with E-state index < -0.39 is 0 Å². The summed E-state index contributed by atoms with van der Waals surface area (Å²) >= 11 is 0. The summed E-state index contributed by atoms with van der Waals surface area (Å²) in [5.74, 6) is -0.648. The Morgan fingerprint density at radius 3 is 2.43 bits per heavy atom. The van der Waals surface area contributed by atoms with Crippen LogP contribution >= 0.6 is 0 Å². The van der Waals surface area contributed by atoms with Gasteiger partial charge in [0.25, 0.3) is 11.8 Å². The van der Waals surface area contributed by atoms with Gasteiger partial charge in [0.15, 0.2) is 0 Å². The molecule has 2 aromatic carbocycles. The summed E-state index contributed by atoms with van der Waals surface area (Å²) in [6.07, 6.45) is 0.985. The van der Waals surface area contributed by atoms with Crippen LogP contribution in [0.25, 0.3) is 0 Å². The molecule has 0 fully saturated rings. The van der Waals surface area contributed by atoms with E-state index in [1.807, 2.05) is 18.2 Å². The van der Waals surface area contributed by atoms with E-state index in [4.69, 9.17) is 0 Å². The number of fused-ring (bicyclic) bond motifs is 1. The SMILES string of the molecule is CCc1ccccc1CNc1ccc2c(c1)C(=O)NC2=O.